The van der Waals surface area contributed by atoms with Crippen LogP contribution >= 0.6 is 0 Å². The molecule has 124 valence electrons. The van der Waals surface area contributed by atoms with Crippen LogP contribution in [0, 0.1) is 5.92 Å². The maximum Gasteiger partial charge on any atom is 0.0945 e. The van der Waals surface area contributed by atoms with Crippen LogP contribution < -0.4 is 5.32 Å². The van der Waals surface area contributed by atoms with Gasteiger partial charge in [0, 0.05) is 31.0 Å². The molecular formula is C18H32N4. The summed E-state index contributed by atoms with van der Waals surface area (Å²) in [7, 11) is 0. The van der Waals surface area contributed by atoms with Gasteiger partial charge in [-0.2, -0.15) is 0 Å². The molecule has 2 heterocycles. The summed E-state index contributed by atoms with van der Waals surface area (Å²) < 4.78 is 2.16. The number of hydrogen-bond donors (Lipinski definition) is 1. The first-order valence-electron chi connectivity index (χ1n) is 9.24. The molecule has 0 aromatic carbocycles. The average Bonchev–Trinajstić information content (AvgIpc) is 3.06. The van der Waals surface area contributed by atoms with Crippen LogP contribution in [0.5, 0.6) is 0 Å². The van der Waals surface area contributed by atoms with Crippen molar-refractivity contribution in [3.05, 3.63) is 18.7 Å². The zero-order chi connectivity index (χ0) is 15.2. The fourth-order valence-corrected chi connectivity index (χ4v) is 4.19. The van der Waals surface area contributed by atoms with Gasteiger partial charge in [-0.25, -0.2) is 4.98 Å². The summed E-state index contributed by atoms with van der Waals surface area (Å²) in [4.78, 5) is 6.86. The molecule has 4 nitrogen and oxygen atoms in total. The molecule has 0 radical (unpaired) electrons. The van der Waals surface area contributed by atoms with Gasteiger partial charge in [0.05, 0.1) is 6.33 Å². The quantitative estimate of drug-likeness (QED) is 0.820. The molecule has 1 aliphatic carbocycles. The van der Waals surface area contributed by atoms with Crippen LogP contribution in [0.2, 0.25) is 0 Å². The van der Waals surface area contributed by atoms with E-state index in [0.717, 1.165) is 31.1 Å². The average molecular weight is 304 g/mol. The lowest BCUT2D eigenvalue weighted by Gasteiger charge is -2.41. The molecule has 0 spiro atoms. The largest absolute Gasteiger partial charge is 0.337 e. The van der Waals surface area contributed by atoms with Crippen molar-refractivity contribution in [1.82, 2.24) is 19.8 Å². The zero-order valence-electron chi connectivity index (χ0n) is 14.1. The van der Waals surface area contributed by atoms with Gasteiger partial charge in [-0.1, -0.05) is 19.8 Å². The van der Waals surface area contributed by atoms with Crippen LogP contribution in [0.3, 0.4) is 0 Å². The smallest absolute Gasteiger partial charge is 0.0945 e. The minimum absolute atomic E-state index is 0.736. The second kappa shape index (κ2) is 8.11. The minimum atomic E-state index is 0.736. The molecule has 2 atom stereocenters. The molecule has 1 aromatic heterocycles. The lowest BCUT2D eigenvalue weighted by atomic mass is 9.85. The Kier molecular flexibility index (Phi) is 5.90. The molecule has 4 heteroatoms. The van der Waals surface area contributed by atoms with Gasteiger partial charge in [-0.05, 0) is 57.7 Å². The fraction of sp³-hybridized carbons (Fsp3) is 0.833. The van der Waals surface area contributed by atoms with E-state index in [1.165, 1.54) is 58.0 Å². The number of piperidine rings is 1. The van der Waals surface area contributed by atoms with E-state index in [0.29, 0.717) is 0 Å². The number of aryl methyl sites for hydroxylation is 1. The van der Waals surface area contributed by atoms with Gasteiger partial charge in [0.2, 0.25) is 0 Å². The van der Waals surface area contributed by atoms with E-state index in [4.69, 9.17) is 0 Å². The van der Waals surface area contributed by atoms with Crippen molar-refractivity contribution in [2.24, 2.45) is 5.92 Å². The molecule has 1 saturated heterocycles. The predicted octanol–water partition coefficient (Wildman–Crippen LogP) is 2.91. The Morgan fingerprint density at radius 2 is 2.05 bits per heavy atom. The number of aromatic nitrogens is 2. The number of nitrogens with zero attached hydrogens (tertiary/aromatic N) is 3. The maximum atomic E-state index is 4.09. The summed E-state index contributed by atoms with van der Waals surface area (Å²) in [5.74, 6) is 0.942. The van der Waals surface area contributed by atoms with Crippen molar-refractivity contribution in [1.29, 1.82) is 0 Å². The fourth-order valence-electron chi connectivity index (χ4n) is 4.19. The van der Waals surface area contributed by atoms with Gasteiger partial charge >= 0.3 is 0 Å². The monoisotopic (exact) mass is 304 g/mol. The van der Waals surface area contributed by atoms with Crippen LogP contribution in [-0.2, 0) is 6.54 Å². The Morgan fingerprint density at radius 3 is 2.77 bits per heavy atom. The molecule has 2 unspecified atom stereocenters. The van der Waals surface area contributed by atoms with Crippen molar-refractivity contribution in [2.45, 2.75) is 70.5 Å². The summed E-state index contributed by atoms with van der Waals surface area (Å²) in [6.45, 7) is 7.24. The van der Waals surface area contributed by atoms with Crippen molar-refractivity contribution in [3.63, 3.8) is 0 Å². The van der Waals surface area contributed by atoms with Gasteiger partial charge in [0.15, 0.2) is 0 Å². The van der Waals surface area contributed by atoms with Crippen molar-refractivity contribution in [2.75, 3.05) is 19.6 Å². The molecule has 0 bridgehead atoms. The highest BCUT2D eigenvalue weighted by Gasteiger charge is 2.27. The molecule has 22 heavy (non-hydrogen) atoms. The Labute approximate surface area is 135 Å². The molecular weight excluding hydrogens is 272 g/mol. The number of likely N-dealkylation sites (tertiary alicyclic amines) is 1. The number of imidazole rings is 1. The van der Waals surface area contributed by atoms with E-state index in [1.807, 2.05) is 18.7 Å². The highest BCUT2D eigenvalue weighted by atomic mass is 15.2. The van der Waals surface area contributed by atoms with Gasteiger partial charge in [-0.3, -0.25) is 0 Å². The Hall–Kier alpha value is -0.870. The third kappa shape index (κ3) is 4.56. The van der Waals surface area contributed by atoms with Crippen LogP contribution in [-0.4, -0.2) is 46.2 Å². The van der Waals surface area contributed by atoms with Crippen LogP contribution in [0.1, 0.15) is 51.9 Å². The summed E-state index contributed by atoms with van der Waals surface area (Å²) in [5, 5.41) is 3.76. The Morgan fingerprint density at radius 1 is 1.18 bits per heavy atom. The molecule has 3 rings (SSSR count). The number of hydrogen-bond acceptors (Lipinski definition) is 3. The van der Waals surface area contributed by atoms with E-state index < -0.39 is 0 Å². The molecule has 1 aromatic rings. The van der Waals surface area contributed by atoms with Crippen molar-refractivity contribution in [3.8, 4) is 0 Å². The molecule has 1 N–H and O–H groups in total. The predicted molar refractivity (Wildman–Crippen MR) is 90.9 cm³/mol. The van der Waals surface area contributed by atoms with E-state index in [9.17, 15) is 0 Å². The Bertz CT molecular complexity index is 409. The third-order valence-corrected chi connectivity index (χ3v) is 5.54. The van der Waals surface area contributed by atoms with Gasteiger partial charge in [0.1, 0.15) is 0 Å². The summed E-state index contributed by atoms with van der Waals surface area (Å²) in [5.41, 5.74) is 0. The third-order valence-electron chi connectivity index (χ3n) is 5.54. The van der Waals surface area contributed by atoms with Gasteiger partial charge in [0.25, 0.3) is 0 Å². The van der Waals surface area contributed by atoms with Crippen molar-refractivity contribution < 1.29 is 0 Å². The normalized spacial score (nSPS) is 28.0. The first-order chi connectivity index (χ1) is 10.8. The van der Waals surface area contributed by atoms with Crippen LogP contribution in [0.25, 0.3) is 0 Å². The first-order valence-corrected chi connectivity index (χ1v) is 9.24. The summed E-state index contributed by atoms with van der Waals surface area (Å²) in [6.07, 6.45) is 15.4. The second-order valence-corrected chi connectivity index (χ2v) is 7.34. The summed E-state index contributed by atoms with van der Waals surface area (Å²) >= 11 is 0. The zero-order valence-corrected chi connectivity index (χ0v) is 14.1. The standard InChI is InChI=1S/C18H32N4/c1-16-4-2-5-18(14-16)22-11-6-17(7-12-22)20-8-3-10-21-13-9-19-15-21/h9,13,15-18,20H,2-8,10-12,14H2,1H3. The van der Waals surface area contributed by atoms with Crippen LogP contribution in [0.4, 0.5) is 0 Å². The lowest BCUT2D eigenvalue weighted by molar-refractivity contribution is 0.100. The highest BCUT2D eigenvalue weighted by molar-refractivity contribution is 4.84. The SMILES string of the molecule is CC1CCCC(N2CCC(NCCCn3ccnc3)CC2)C1. The molecule has 0 amide bonds. The van der Waals surface area contributed by atoms with E-state index in [2.05, 4.69) is 26.7 Å². The Balaban J connectivity index is 1.30. The van der Waals surface area contributed by atoms with E-state index in [1.54, 1.807) is 0 Å². The second-order valence-electron chi connectivity index (χ2n) is 7.34. The molecule has 2 aliphatic rings. The molecule has 1 aliphatic heterocycles. The van der Waals surface area contributed by atoms with E-state index in [-0.39, 0.29) is 0 Å². The minimum Gasteiger partial charge on any atom is -0.337 e. The van der Waals surface area contributed by atoms with E-state index >= 15 is 0 Å². The number of nitrogens with one attached hydrogen (secondary N) is 1. The molecule has 1 saturated carbocycles. The summed E-state index contributed by atoms with van der Waals surface area (Å²) in [6, 6.07) is 1.62. The van der Waals surface area contributed by atoms with Crippen molar-refractivity contribution >= 4 is 0 Å². The first kappa shape index (κ1) is 16.0. The van der Waals surface area contributed by atoms with Crippen LogP contribution in [0.15, 0.2) is 18.7 Å². The number of rotatable bonds is 6. The topological polar surface area (TPSA) is 33.1 Å². The highest BCUT2D eigenvalue weighted by Crippen LogP contribution is 2.29. The molecule has 2 fully saturated rings. The maximum absolute atomic E-state index is 4.09. The van der Waals surface area contributed by atoms with Gasteiger partial charge in [-0.15, -0.1) is 0 Å². The van der Waals surface area contributed by atoms with Gasteiger partial charge < -0.3 is 14.8 Å². The lowest BCUT2D eigenvalue weighted by Crippen LogP contribution is -2.48.